The van der Waals surface area contributed by atoms with Crippen molar-refractivity contribution < 1.29 is 23.9 Å². The predicted molar refractivity (Wildman–Crippen MR) is 105 cm³/mol. The van der Waals surface area contributed by atoms with E-state index in [1.54, 1.807) is 6.20 Å². The second-order valence-electron chi connectivity index (χ2n) is 6.41. The first-order chi connectivity index (χ1) is 14.0. The molecule has 2 aromatic rings. The molecule has 0 aliphatic carbocycles. The van der Waals surface area contributed by atoms with Gasteiger partial charge < -0.3 is 9.72 Å². The third kappa shape index (κ3) is 4.08. The van der Waals surface area contributed by atoms with Crippen LogP contribution < -0.4 is 5.32 Å². The molecule has 1 unspecified atom stereocenters. The van der Waals surface area contributed by atoms with E-state index in [0.29, 0.717) is 0 Å². The molecule has 150 valence electrons. The number of urea groups is 1. The molecule has 4 amide bonds. The fourth-order valence-electron chi connectivity index (χ4n) is 3.10. The van der Waals surface area contributed by atoms with Crippen molar-refractivity contribution in [3.8, 4) is 0 Å². The number of carbonyl (C=O) groups excluding carboxylic acids is 4. The predicted octanol–water partition coefficient (Wildman–Crippen LogP) is 1.20. The summed E-state index contributed by atoms with van der Waals surface area (Å²) in [6.45, 7) is 3.44. The summed E-state index contributed by atoms with van der Waals surface area (Å²) in [4.78, 5) is 56.7. The number of amides is 4. The topological polar surface area (TPSA) is 121 Å². The first-order valence-electron chi connectivity index (χ1n) is 8.89. The summed E-state index contributed by atoms with van der Waals surface area (Å²) in [7, 11) is 1.24. The van der Waals surface area contributed by atoms with Gasteiger partial charge in [0.05, 0.1) is 7.11 Å². The van der Waals surface area contributed by atoms with E-state index in [-0.39, 0.29) is 13.0 Å². The molecule has 0 bridgehead atoms. The Hall–Kier alpha value is -3.75. The van der Waals surface area contributed by atoms with Gasteiger partial charge in [-0.3, -0.25) is 24.8 Å². The lowest BCUT2D eigenvalue weighted by atomic mass is 10.0. The molecule has 1 fully saturated rings. The Morgan fingerprint density at radius 3 is 2.83 bits per heavy atom. The molecule has 2 atom stereocenters. The zero-order valence-electron chi connectivity index (χ0n) is 15.8. The maximum atomic E-state index is 12.5. The zero-order chi connectivity index (χ0) is 21.0. The van der Waals surface area contributed by atoms with Crippen LogP contribution in [0.4, 0.5) is 4.79 Å². The Bertz CT molecular complexity index is 1010. The SMILES string of the molecule is C=CCN1C(=O)NC(=O)C(C=N[C@H](Cc2c[nH]c3ccccc23)C(=O)OC)C1=O. The average molecular weight is 396 g/mol. The second kappa shape index (κ2) is 8.51. The highest BCUT2D eigenvalue weighted by Gasteiger charge is 2.39. The number of ether oxygens (including phenoxy) is 1. The van der Waals surface area contributed by atoms with Gasteiger partial charge in [0.1, 0.15) is 0 Å². The number of aromatic nitrogens is 1. The molecular formula is C20H20N4O5. The van der Waals surface area contributed by atoms with Gasteiger partial charge >= 0.3 is 12.0 Å². The number of barbiturate groups is 1. The first-order valence-corrected chi connectivity index (χ1v) is 8.89. The van der Waals surface area contributed by atoms with Crippen LogP contribution in [0.2, 0.25) is 0 Å². The molecule has 1 saturated heterocycles. The lowest BCUT2D eigenvalue weighted by Crippen LogP contribution is -2.58. The summed E-state index contributed by atoms with van der Waals surface area (Å²) >= 11 is 0. The van der Waals surface area contributed by atoms with Crippen molar-refractivity contribution in [1.29, 1.82) is 0 Å². The molecule has 3 rings (SSSR count). The van der Waals surface area contributed by atoms with E-state index in [4.69, 9.17) is 4.74 Å². The summed E-state index contributed by atoms with van der Waals surface area (Å²) in [6, 6.07) is 5.83. The molecule has 1 aromatic carbocycles. The van der Waals surface area contributed by atoms with Gasteiger partial charge in [0, 0.05) is 36.3 Å². The summed E-state index contributed by atoms with van der Waals surface area (Å²) in [6.07, 6.45) is 4.45. The molecule has 9 nitrogen and oxygen atoms in total. The van der Waals surface area contributed by atoms with Crippen molar-refractivity contribution in [2.24, 2.45) is 10.9 Å². The van der Waals surface area contributed by atoms with E-state index in [2.05, 4.69) is 21.9 Å². The van der Waals surface area contributed by atoms with Crippen LogP contribution in [-0.2, 0) is 25.5 Å². The van der Waals surface area contributed by atoms with Crippen molar-refractivity contribution in [2.45, 2.75) is 12.5 Å². The van der Waals surface area contributed by atoms with Gasteiger partial charge in [0.25, 0.3) is 0 Å². The molecule has 29 heavy (non-hydrogen) atoms. The lowest BCUT2D eigenvalue weighted by molar-refractivity contribution is -0.142. The smallest absolute Gasteiger partial charge is 0.331 e. The average Bonchev–Trinajstić information content (AvgIpc) is 3.12. The third-order valence-electron chi connectivity index (χ3n) is 4.58. The molecule has 1 aliphatic rings. The highest BCUT2D eigenvalue weighted by atomic mass is 16.5. The highest BCUT2D eigenvalue weighted by Crippen LogP contribution is 2.20. The van der Waals surface area contributed by atoms with Crippen molar-refractivity contribution in [3.05, 3.63) is 48.7 Å². The number of hydrogen-bond donors (Lipinski definition) is 2. The van der Waals surface area contributed by atoms with Crippen LogP contribution in [0.15, 0.2) is 48.1 Å². The van der Waals surface area contributed by atoms with E-state index in [1.165, 1.54) is 13.2 Å². The van der Waals surface area contributed by atoms with Crippen molar-refractivity contribution >= 4 is 40.9 Å². The minimum Gasteiger partial charge on any atom is -0.467 e. The Labute approximate surface area is 166 Å². The molecular weight excluding hydrogens is 376 g/mol. The van der Waals surface area contributed by atoms with Crippen LogP contribution in [0.25, 0.3) is 10.9 Å². The largest absolute Gasteiger partial charge is 0.467 e. The number of nitrogens with zero attached hydrogens (tertiary/aromatic N) is 2. The van der Waals surface area contributed by atoms with Gasteiger partial charge in [0.15, 0.2) is 12.0 Å². The summed E-state index contributed by atoms with van der Waals surface area (Å²) in [5, 5.41) is 3.03. The van der Waals surface area contributed by atoms with E-state index in [0.717, 1.165) is 27.6 Å². The van der Waals surface area contributed by atoms with Gasteiger partial charge in [-0.15, -0.1) is 6.58 Å². The number of esters is 1. The van der Waals surface area contributed by atoms with Crippen LogP contribution >= 0.6 is 0 Å². The highest BCUT2D eigenvalue weighted by molar-refractivity contribution is 6.23. The lowest BCUT2D eigenvalue weighted by Gasteiger charge is -2.27. The number of aromatic amines is 1. The quantitative estimate of drug-likeness (QED) is 0.315. The van der Waals surface area contributed by atoms with Gasteiger partial charge in [0.2, 0.25) is 11.8 Å². The maximum absolute atomic E-state index is 12.5. The second-order valence-corrected chi connectivity index (χ2v) is 6.41. The molecule has 9 heteroatoms. The number of rotatable bonds is 7. The van der Waals surface area contributed by atoms with Gasteiger partial charge in [-0.2, -0.15) is 0 Å². The normalized spacial score (nSPS) is 18.2. The molecule has 0 saturated carbocycles. The van der Waals surface area contributed by atoms with E-state index < -0.39 is 35.8 Å². The number of carbonyl (C=O) groups is 4. The summed E-state index contributed by atoms with van der Waals surface area (Å²) in [5.74, 6) is -3.44. The fraction of sp³-hybridized carbons (Fsp3) is 0.250. The fourth-order valence-corrected chi connectivity index (χ4v) is 3.10. The van der Waals surface area contributed by atoms with E-state index >= 15 is 0 Å². The number of fused-ring (bicyclic) bond motifs is 1. The van der Waals surface area contributed by atoms with Crippen LogP contribution in [0.3, 0.4) is 0 Å². The number of para-hydroxylation sites is 1. The number of nitrogens with one attached hydrogen (secondary N) is 2. The zero-order valence-corrected chi connectivity index (χ0v) is 15.8. The minimum absolute atomic E-state index is 0.0436. The molecule has 1 aromatic heterocycles. The van der Waals surface area contributed by atoms with Crippen LogP contribution in [0, 0.1) is 5.92 Å². The van der Waals surface area contributed by atoms with Gasteiger partial charge in [-0.25, -0.2) is 9.59 Å². The van der Waals surface area contributed by atoms with E-state index in [1.807, 2.05) is 24.3 Å². The number of aliphatic imine (C=N–C) groups is 1. The molecule has 2 N–H and O–H groups in total. The molecule has 2 heterocycles. The molecule has 1 aliphatic heterocycles. The Morgan fingerprint density at radius 2 is 2.10 bits per heavy atom. The van der Waals surface area contributed by atoms with Crippen LogP contribution in [0.1, 0.15) is 5.56 Å². The van der Waals surface area contributed by atoms with Crippen LogP contribution in [0.5, 0.6) is 0 Å². The Morgan fingerprint density at radius 1 is 1.34 bits per heavy atom. The third-order valence-corrected chi connectivity index (χ3v) is 4.58. The molecule has 0 spiro atoms. The van der Waals surface area contributed by atoms with Crippen molar-refractivity contribution in [2.75, 3.05) is 13.7 Å². The number of H-pyrrole nitrogens is 1. The summed E-state index contributed by atoms with van der Waals surface area (Å²) < 4.78 is 4.82. The standard InChI is InChI=1S/C20H20N4O5/c1-3-8-24-18(26)14(17(25)23-20(24)28)11-22-16(19(27)29-2)9-12-10-21-15-7-5-4-6-13(12)15/h3-7,10-11,14,16,21H,1,8-9H2,2H3,(H,23,25,28)/t14?,16-/m1/s1. The minimum atomic E-state index is -1.32. The Balaban J connectivity index is 1.84. The van der Waals surface area contributed by atoms with Crippen molar-refractivity contribution in [3.63, 3.8) is 0 Å². The monoisotopic (exact) mass is 396 g/mol. The maximum Gasteiger partial charge on any atom is 0.331 e. The summed E-state index contributed by atoms with van der Waals surface area (Å²) in [5.41, 5.74) is 1.76. The van der Waals surface area contributed by atoms with Gasteiger partial charge in [-0.1, -0.05) is 24.3 Å². The first kappa shape index (κ1) is 20.0. The van der Waals surface area contributed by atoms with Crippen molar-refractivity contribution in [1.82, 2.24) is 15.2 Å². The number of methoxy groups -OCH3 is 1. The Kier molecular flexibility index (Phi) is 5.87. The number of imide groups is 2. The van der Waals surface area contributed by atoms with Crippen LogP contribution in [-0.4, -0.2) is 59.6 Å². The molecule has 0 radical (unpaired) electrons. The van der Waals surface area contributed by atoms with E-state index in [9.17, 15) is 19.2 Å². The number of benzene rings is 1. The number of hydrogen-bond acceptors (Lipinski definition) is 6. The van der Waals surface area contributed by atoms with Gasteiger partial charge in [-0.05, 0) is 11.6 Å².